The third-order valence-corrected chi connectivity index (χ3v) is 7.46. The van der Waals surface area contributed by atoms with Crippen LogP contribution in [0.2, 0.25) is 0 Å². The number of amides is 1. The Morgan fingerprint density at radius 2 is 2.10 bits per heavy atom. The standard InChI is InChI=1S/C22H28N4O4S/c1-14(2)20-10-18(19-11-23-26(15(3)4)21(19)24-20)22(27)25(12-17-6-5-8-30-17)16-7-9-31(28,29)13-16/h5-6,8,10-11,14-16H,7,9,12-13H2,1-4H3/t16-/m1/s1. The van der Waals surface area contributed by atoms with Crippen LogP contribution in [0.15, 0.2) is 35.1 Å². The third kappa shape index (κ3) is 4.23. The van der Waals surface area contributed by atoms with Crippen LogP contribution in [0, 0.1) is 0 Å². The largest absolute Gasteiger partial charge is 0.467 e. The van der Waals surface area contributed by atoms with Gasteiger partial charge in [-0.05, 0) is 44.4 Å². The number of sulfone groups is 1. The van der Waals surface area contributed by atoms with E-state index in [0.717, 1.165) is 5.69 Å². The fourth-order valence-corrected chi connectivity index (χ4v) is 5.73. The Hall–Kier alpha value is -2.68. The number of fused-ring (bicyclic) bond motifs is 1. The van der Waals surface area contributed by atoms with Gasteiger partial charge >= 0.3 is 0 Å². The Kier molecular flexibility index (Phi) is 5.63. The maximum absolute atomic E-state index is 13.9. The van der Waals surface area contributed by atoms with Crippen molar-refractivity contribution in [3.05, 3.63) is 47.7 Å². The van der Waals surface area contributed by atoms with E-state index in [1.165, 1.54) is 0 Å². The maximum Gasteiger partial charge on any atom is 0.255 e. The highest BCUT2D eigenvalue weighted by Crippen LogP contribution is 2.28. The van der Waals surface area contributed by atoms with Crippen LogP contribution in [0.1, 0.15) is 67.9 Å². The minimum absolute atomic E-state index is 0.0318. The van der Waals surface area contributed by atoms with Gasteiger partial charge < -0.3 is 9.32 Å². The smallest absolute Gasteiger partial charge is 0.255 e. The second-order valence-electron chi connectivity index (χ2n) is 8.74. The zero-order valence-corrected chi connectivity index (χ0v) is 19.1. The lowest BCUT2D eigenvalue weighted by Crippen LogP contribution is -2.40. The molecule has 1 aliphatic heterocycles. The highest BCUT2D eigenvalue weighted by Gasteiger charge is 2.36. The Morgan fingerprint density at radius 3 is 2.68 bits per heavy atom. The van der Waals surface area contributed by atoms with Crippen LogP contribution in [0.5, 0.6) is 0 Å². The van der Waals surface area contributed by atoms with Crippen molar-refractivity contribution in [1.29, 1.82) is 0 Å². The van der Waals surface area contributed by atoms with Crippen molar-refractivity contribution >= 4 is 26.8 Å². The summed E-state index contributed by atoms with van der Waals surface area (Å²) in [6, 6.07) is 5.07. The number of carbonyl (C=O) groups is 1. The second-order valence-corrected chi connectivity index (χ2v) is 11.0. The summed E-state index contributed by atoms with van der Waals surface area (Å²) in [5, 5.41) is 5.14. The first-order valence-corrected chi connectivity index (χ1v) is 12.4. The number of aromatic nitrogens is 3. The molecule has 4 heterocycles. The summed E-state index contributed by atoms with van der Waals surface area (Å²) in [4.78, 5) is 20.3. The molecule has 3 aromatic rings. The molecule has 1 fully saturated rings. The lowest BCUT2D eigenvalue weighted by atomic mass is 10.0. The molecule has 1 aliphatic rings. The van der Waals surface area contributed by atoms with Crippen molar-refractivity contribution in [2.24, 2.45) is 0 Å². The first kappa shape index (κ1) is 21.5. The number of hydrogen-bond donors (Lipinski definition) is 0. The molecule has 1 atom stereocenters. The van der Waals surface area contributed by atoms with Crippen molar-refractivity contribution in [2.45, 2.75) is 58.7 Å². The number of hydrogen-bond acceptors (Lipinski definition) is 6. The number of pyridine rings is 1. The summed E-state index contributed by atoms with van der Waals surface area (Å²) in [7, 11) is -3.16. The highest BCUT2D eigenvalue weighted by molar-refractivity contribution is 7.91. The van der Waals surface area contributed by atoms with Crippen molar-refractivity contribution < 1.29 is 17.6 Å². The number of furan rings is 1. The average molecular weight is 445 g/mol. The zero-order chi connectivity index (χ0) is 22.3. The molecule has 31 heavy (non-hydrogen) atoms. The lowest BCUT2D eigenvalue weighted by Gasteiger charge is -2.28. The Morgan fingerprint density at radius 1 is 1.32 bits per heavy atom. The minimum atomic E-state index is -3.16. The van der Waals surface area contributed by atoms with Gasteiger partial charge in [-0.15, -0.1) is 0 Å². The van der Waals surface area contributed by atoms with Gasteiger partial charge in [-0.2, -0.15) is 5.10 Å². The van der Waals surface area contributed by atoms with Gasteiger partial charge in [-0.3, -0.25) is 4.79 Å². The molecule has 0 aromatic carbocycles. The molecule has 0 aliphatic carbocycles. The van der Waals surface area contributed by atoms with E-state index < -0.39 is 15.9 Å². The third-order valence-electron chi connectivity index (χ3n) is 5.71. The topological polar surface area (TPSA) is 98.3 Å². The van der Waals surface area contributed by atoms with E-state index in [-0.39, 0.29) is 35.9 Å². The molecule has 0 unspecified atom stereocenters. The first-order chi connectivity index (χ1) is 14.7. The molecule has 4 rings (SSSR count). The number of rotatable bonds is 6. The van der Waals surface area contributed by atoms with Gasteiger partial charge in [0.2, 0.25) is 0 Å². The zero-order valence-electron chi connectivity index (χ0n) is 18.3. The highest BCUT2D eigenvalue weighted by atomic mass is 32.2. The van der Waals surface area contributed by atoms with Gasteiger partial charge in [-0.25, -0.2) is 18.1 Å². The van der Waals surface area contributed by atoms with Crippen LogP contribution in [-0.4, -0.2) is 51.5 Å². The van der Waals surface area contributed by atoms with E-state index in [0.29, 0.717) is 28.8 Å². The van der Waals surface area contributed by atoms with E-state index in [4.69, 9.17) is 9.40 Å². The van der Waals surface area contributed by atoms with E-state index in [9.17, 15) is 13.2 Å². The monoisotopic (exact) mass is 444 g/mol. The average Bonchev–Trinajstić information content (AvgIpc) is 3.44. The van der Waals surface area contributed by atoms with Gasteiger partial charge in [0.1, 0.15) is 5.76 Å². The molecule has 0 spiro atoms. The van der Waals surface area contributed by atoms with Crippen molar-refractivity contribution in [2.75, 3.05) is 11.5 Å². The molecule has 0 bridgehead atoms. The van der Waals surface area contributed by atoms with Gasteiger partial charge in [0, 0.05) is 17.8 Å². The van der Waals surface area contributed by atoms with Crippen LogP contribution in [0.25, 0.3) is 11.0 Å². The summed E-state index contributed by atoms with van der Waals surface area (Å²) in [6.07, 6.45) is 3.65. The van der Waals surface area contributed by atoms with Crippen LogP contribution in [0.3, 0.4) is 0 Å². The summed E-state index contributed by atoms with van der Waals surface area (Å²) in [6.45, 7) is 8.31. The quantitative estimate of drug-likeness (QED) is 0.577. The van der Waals surface area contributed by atoms with Crippen LogP contribution in [-0.2, 0) is 16.4 Å². The summed E-state index contributed by atoms with van der Waals surface area (Å²) in [5.41, 5.74) is 1.97. The van der Waals surface area contributed by atoms with E-state index in [1.54, 1.807) is 29.5 Å². The van der Waals surface area contributed by atoms with Gasteiger partial charge in [0.15, 0.2) is 15.5 Å². The number of carbonyl (C=O) groups excluding carboxylic acids is 1. The maximum atomic E-state index is 13.9. The predicted molar refractivity (Wildman–Crippen MR) is 118 cm³/mol. The van der Waals surface area contributed by atoms with Crippen LogP contribution < -0.4 is 0 Å². The molecule has 0 N–H and O–H groups in total. The van der Waals surface area contributed by atoms with Crippen molar-refractivity contribution in [1.82, 2.24) is 19.7 Å². The Bertz CT molecular complexity index is 1200. The second kappa shape index (κ2) is 8.11. The molecule has 8 nitrogen and oxygen atoms in total. The molecule has 0 radical (unpaired) electrons. The molecule has 3 aromatic heterocycles. The van der Waals surface area contributed by atoms with E-state index in [1.807, 2.05) is 38.4 Å². The Balaban J connectivity index is 1.82. The van der Waals surface area contributed by atoms with Gasteiger partial charge in [-0.1, -0.05) is 13.8 Å². The minimum Gasteiger partial charge on any atom is -0.467 e. The van der Waals surface area contributed by atoms with Gasteiger partial charge in [0.25, 0.3) is 5.91 Å². The lowest BCUT2D eigenvalue weighted by molar-refractivity contribution is 0.0668. The van der Waals surface area contributed by atoms with Gasteiger partial charge in [0.05, 0.1) is 41.5 Å². The summed E-state index contributed by atoms with van der Waals surface area (Å²) >= 11 is 0. The normalized spacial score (nSPS) is 18.3. The number of nitrogens with zero attached hydrogens (tertiary/aromatic N) is 4. The summed E-state index contributed by atoms with van der Waals surface area (Å²) < 4.78 is 31.6. The molecule has 166 valence electrons. The van der Waals surface area contributed by atoms with Crippen LogP contribution in [0.4, 0.5) is 0 Å². The molecule has 1 saturated heterocycles. The SMILES string of the molecule is CC(C)c1cc(C(=O)N(Cc2ccco2)[C@@H]2CCS(=O)(=O)C2)c2cnn(C(C)C)c2n1. The molecule has 9 heteroatoms. The fraction of sp³-hybridized carbons (Fsp3) is 0.500. The van der Waals surface area contributed by atoms with E-state index >= 15 is 0 Å². The molecular formula is C22H28N4O4S. The predicted octanol–water partition coefficient (Wildman–Crippen LogP) is 3.56. The van der Waals surface area contributed by atoms with Crippen LogP contribution >= 0.6 is 0 Å². The van der Waals surface area contributed by atoms with Crippen molar-refractivity contribution in [3.8, 4) is 0 Å². The molecular weight excluding hydrogens is 416 g/mol. The first-order valence-electron chi connectivity index (χ1n) is 10.6. The Labute approximate surface area is 182 Å². The molecule has 1 amide bonds. The fourth-order valence-electron chi connectivity index (χ4n) is 4.00. The molecule has 0 saturated carbocycles. The van der Waals surface area contributed by atoms with Crippen molar-refractivity contribution in [3.63, 3.8) is 0 Å². The van der Waals surface area contributed by atoms with E-state index in [2.05, 4.69) is 5.10 Å². The summed E-state index contributed by atoms with van der Waals surface area (Å²) in [5.74, 6) is 0.571.